The van der Waals surface area contributed by atoms with E-state index in [1.165, 1.54) is 11.1 Å². The third kappa shape index (κ3) is 7.97. The van der Waals surface area contributed by atoms with E-state index in [-0.39, 0.29) is 0 Å². The molecule has 0 radical (unpaired) electrons. The zero-order valence-corrected chi connectivity index (χ0v) is 38.9. The Bertz CT molecular complexity index is 3510. The molecule has 0 spiro atoms. The Morgan fingerprint density at radius 1 is 0.286 bits per heavy atom. The van der Waals surface area contributed by atoms with Gasteiger partial charge in [0, 0.05) is 68.8 Å². The Labute approximate surface area is 408 Å². The van der Waals surface area contributed by atoms with Gasteiger partial charge in [0.05, 0.1) is 22.8 Å². The van der Waals surface area contributed by atoms with Crippen molar-refractivity contribution in [2.75, 3.05) is 9.80 Å². The molecule has 0 aliphatic rings. The molecule has 0 fully saturated rings. The Morgan fingerprint density at radius 2 is 0.614 bits per heavy atom. The molecule has 0 atom stereocenters. The van der Waals surface area contributed by atoms with Gasteiger partial charge in [-0.05, 0) is 134 Å². The third-order valence-corrected chi connectivity index (χ3v) is 13.1. The van der Waals surface area contributed by atoms with Crippen LogP contribution in [0.25, 0.3) is 67.5 Å². The first-order valence-corrected chi connectivity index (χ1v) is 23.7. The fourth-order valence-corrected chi connectivity index (χ4v) is 9.72. The molecule has 334 valence electrons. The number of nitrogens with zero attached hydrogens (tertiary/aromatic N) is 6. The number of fused-ring (bicyclic) bond motifs is 2. The summed E-state index contributed by atoms with van der Waals surface area (Å²) in [6.07, 6.45) is 4.20. The highest BCUT2D eigenvalue weighted by molar-refractivity contribution is 5.87. The summed E-state index contributed by atoms with van der Waals surface area (Å²) in [6, 6.07) is 86.2. The number of benzene rings is 8. The van der Waals surface area contributed by atoms with Gasteiger partial charge < -0.3 is 9.80 Å². The van der Waals surface area contributed by atoms with Gasteiger partial charge >= 0.3 is 0 Å². The summed E-state index contributed by atoms with van der Waals surface area (Å²) in [5.41, 5.74) is 21.5. The van der Waals surface area contributed by atoms with Crippen LogP contribution in [0.2, 0.25) is 0 Å². The summed E-state index contributed by atoms with van der Waals surface area (Å²) in [4.78, 5) is 14.8. The molecular formula is C64H48N6. The molecule has 0 aliphatic heterocycles. The smallest absolute Gasteiger partial charge is 0.137 e. The predicted octanol–water partition coefficient (Wildman–Crippen LogP) is 16.9. The molecule has 6 nitrogen and oxygen atoms in total. The van der Waals surface area contributed by atoms with Gasteiger partial charge in [0.1, 0.15) is 11.3 Å². The number of para-hydroxylation sites is 2. The maximum atomic E-state index is 5.11. The summed E-state index contributed by atoms with van der Waals surface area (Å²) in [5, 5.41) is 0. The highest BCUT2D eigenvalue weighted by atomic mass is 15.1. The molecule has 12 rings (SSSR count). The minimum atomic E-state index is 0.922. The van der Waals surface area contributed by atoms with E-state index in [0.29, 0.717) is 0 Å². The highest BCUT2D eigenvalue weighted by Gasteiger charge is 2.20. The van der Waals surface area contributed by atoms with Crippen molar-refractivity contribution in [3.63, 3.8) is 0 Å². The van der Waals surface area contributed by atoms with E-state index in [2.05, 4.69) is 275 Å². The molecular weight excluding hydrogens is 853 g/mol. The predicted molar refractivity (Wildman–Crippen MR) is 290 cm³/mol. The first-order chi connectivity index (χ1) is 34.5. The van der Waals surface area contributed by atoms with Crippen LogP contribution in [0.3, 0.4) is 0 Å². The lowest BCUT2D eigenvalue weighted by Crippen LogP contribution is -2.10. The van der Waals surface area contributed by atoms with Crippen molar-refractivity contribution in [2.24, 2.45) is 0 Å². The largest absolute Gasteiger partial charge is 0.311 e. The van der Waals surface area contributed by atoms with E-state index in [1.807, 2.05) is 12.1 Å². The lowest BCUT2D eigenvalue weighted by Gasteiger charge is -2.26. The maximum absolute atomic E-state index is 5.11. The Kier molecular flexibility index (Phi) is 10.9. The minimum absolute atomic E-state index is 0.922. The van der Waals surface area contributed by atoms with Crippen LogP contribution in [0.1, 0.15) is 11.1 Å². The summed E-state index contributed by atoms with van der Waals surface area (Å²) < 4.78 is 4.38. The van der Waals surface area contributed by atoms with E-state index in [4.69, 9.17) is 9.97 Å². The molecule has 0 unspecified atom stereocenters. The second kappa shape index (κ2) is 18.1. The fraction of sp³-hybridized carbons (Fsp3) is 0.0312. The number of pyridine rings is 2. The Hall–Kier alpha value is -9.26. The SMILES string of the molecule is Cc1cccc(-c2nc3ccccn3c2-c2ccc(N(c3ccccc3)c3ccc(-c4ccc(N(c5ccccc5)c5ccc(-c6c(-c7cccc(C)c7)nc7ccccn67)cc5)cc4)cc3)cc2)c1. The van der Waals surface area contributed by atoms with Crippen LogP contribution in [-0.4, -0.2) is 18.8 Å². The van der Waals surface area contributed by atoms with Gasteiger partial charge in [0.2, 0.25) is 0 Å². The summed E-state index contributed by atoms with van der Waals surface area (Å²) in [5.74, 6) is 0. The van der Waals surface area contributed by atoms with Crippen LogP contribution in [-0.2, 0) is 0 Å². The number of aromatic nitrogens is 4. The zero-order valence-electron chi connectivity index (χ0n) is 38.9. The average molecular weight is 901 g/mol. The Balaban J connectivity index is 0.845. The third-order valence-electron chi connectivity index (χ3n) is 13.1. The van der Waals surface area contributed by atoms with Gasteiger partial charge in [-0.2, -0.15) is 0 Å². The molecule has 0 N–H and O–H groups in total. The molecule has 0 aliphatic carbocycles. The van der Waals surface area contributed by atoms with Crippen molar-refractivity contribution in [1.29, 1.82) is 0 Å². The van der Waals surface area contributed by atoms with Crippen LogP contribution >= 0.6 is 0 Å². The standard InChI is InChI=1S/C64H48N6/c1-45-15-13-17-51(43-45)61-63(67-41-11-9-23-59(67)65-61)49-29-37-57(38-30-49)69(53-19-5-3-6-20-53)55-33-25-47(26-34-55)48-27-35-56(36-28-48)70(54-21-7-4-8-22-54)58-39-31-50(32-40-58)64-62(52-18-14-16-46(2)44-52)66-60-24-10-12-42-68(60)64/h3-44H,1-2H3. The molecule has 0 bridgehead atoms. The maximum Gasteiger partial charge on any atom is 0.137 e. The van der Waals surface area contributed by atoms with E-state index < -0.39 is 0 Å². The number of anilines is 6. The molecule has 4 aromatic heterocycles. The van der Waals surface area contributed by atoms with E-state index in [9.17, 15) is 0 Å². The van der Waals surface area contributed by atoms with Crippen molar-refractivity contribution >= 4 is 45.4 Å². The topological polar surface area (TPSA) is 41.1 Å². The van der Waals surface area contributed by atoms with E-state index in [0.717, 1.165) is 102 Å². The summed E-state index contributed by atoms with van der Waals surface area (Å²) >= 11 is 0. The van der Waals surface area contributed by atoms with Crippen LogP contribution in [0.4, 0.5) is 34.1 Å². The number of rotatable bonds is 11. The number of imidazole rings is 2. The second-order valence-corrected chi connectivity index (χ2v) is 17.7. The molecule has 8 aromatic carbocycles. The number of aryl methyl sites for hydroxylation is 2. The van der Waals surface area contributed by atoms with Gasteiger partial charge in [-0.25, -0.2) is 9.97 Å². The second-order valence-electron chi connectivity index (χ2n) is 17.7. The average Bonchev–Trinajstić information content (AvgIpc) is 4.00. The van der Waals surface area contributed by atoms with Crippen LogP contribution in [0, 0.1) is 13.8 Å². The normalized spacial score (nSPS) is 11.3. The van der Waals surface area contributed by atoms with Crippen molar-refractivity contribution < 1.29 is 0 Å². The number of hydrogen-bond acceptors (Lipinski definition) is 4. The quantitative estimate of drug-likeness (QED) is 0.130. The van der Waals surface area contributed by atoms with Crippen molar-refractivity contribution in [1.82, 2.24) is 18.8 Å². The molecule has 12 aromatic rings. The van der Waals surface area contributed by atoms with Gasteiger partial charge in [0.25, 0.3) is 0 Å². The van der Waals surface area contributed by atoms with Crippen molar-refractivity contribution in [3.8, 4) is 56.2 Å². The fourth-order valence-electron chi connectivity index (χ4n) is 9.72. The zero-order chi connectivity index (χ0) is 47.0. The van der Waals surface area contributed by atoms with Crippen molar-refractivity contribution in [2.45, 2.75) is 13.8 Å². The van der Waals surface area contributed by atoms with Gasteiger partial charge in [-0.15, -0.1) is 0 Å². The first-order valence-electron chi connectivity index (χ1n) is 23.7. The molecule has 0 saturated heterocycles. The van der Waals surface area contributed by atoms with Crippen LogP contribution in [0.15, 0.2) is 255 Å². The summed E-state index contributed by atoms with van der Waals surface area (Å²) in [6.45, 7) is 4.25. The van der Waals surface area contributed by atoms with E-state index in [1.54, 1.807) is 0 Å². The molecule has 6 heteroatoms. The lowest BCUT2D eigenvalue weighted by atomic mass is 10.0. The van der Waals surface area contributed by atoms with E-state index >= 15 is 0 Å². The highest BCUT2D eigenvalue weighted by Crippen LogP contribution is 2.41. The molecule has 0 amide bonds. The van der Waals surface area contributed by atoms with Gasteiger partial charge in [-0.3, -0.25) is 8.80 Å². The lowest BCUT2D eigenvalue weighted by molar-refractivity contribution is 1.19. The first kappa shape index (κ1) is 42.1. The van der Waals surface area contributed by atoms with Crippen LogP contribution < -0.4 is 9.80 Å². The minimum Gasteiger partial charge on any atom is -0.311 e. The van der Waals surface area contributed by atoms with Gasteiger partial charge in [0.15, 0.2) is 0 Å². The van der Waals surface area contributed by atoms with Crippen molar-refractivity contribution in [3.05, 3.63) is 266 Å². The van der Waals surface area contributed by atoms with Crippen LogP contribution in [0.5, 0.6) is 0 Å². The number of hydrogen-bond donors (Lipinski definition) is 0. The Morgan fingerprint density at radius 3 is 0.971 bits per heavy atom. The van der Waals surface area contributed by atoms with Gasteiger partial charge in [-0.1, -0.05) is 145 Å². The molecule has 70 heavy (non-hydrogen) atoms. The molecule has 0 saturated carbocycles. The monoisotopic (exact) mass is 900 g/mol. The molecule has 4 heterocycles. The summed E-state index contributed by atoms with van der Waals surface area (Å²) in [7, 11) is 0.